The first-order chi connectivity index (χ1) is 6.22. The van der Waals surface area contributed by atoms with E-state index in [4.69, 9.17) is 0 Å². The lowest BCUT2D eigenvalue weighted by atomic mass is 10.2. The van der Waals surface area contributed by atoms with Crippen molar-refractivity contribution in [2.24, 2.45) is 0 Å². The van der Waals surface area contributed by atoms with Crippen molar-refractivity contribution in [2.75, 3.05) is 0 Å². The Labute approximate surface area is 83.6 Å². The third kappa shape index (κ3) is 1.36. The Kier molecular flexibility index (Phi) is 2.09. The lowest BCUT2D eigenvalue weighted by molar-refractivity contribution is 0.112. The van der Waals surface area contributed by atoms with Gasteiger partial charge in [0.1, 0.15) is 5.82 Å². The van der Waals surface area contributed by atoms with Crippen LogP contribution in [-0.4, -0.2) is 6.29 Å². The lowest BCUT2D eigenvalue weighted by Gasteiger charge is -1.94. The van der Waals surface area contributed by atoms with E-state index in [0.717, 1.165) is 17.6 Å². The van der Waals surface area contributed by atoms with E-state index in [0.29, 0.717) is 19.9 Å². The van der Waals surface area contributed by atoms with Crippen molar-refractivity contribution < 1.29 is 9.18 Å². The number of hydrogen-bond donors (Lipinski definition) is 1. The minimum absolute atomic E-state index is 0.300. The number of thiol groups is 1. The van der Waals surface area contributed by atoms with Gasteiger partial charge in [-0.1, -0.05) is 0 Å². The first kappa shape index (κ1) is 8.72. The van der Waals surface area contributed by atoms with Gasteiger partial charge in [-0.2, -0.15) is 0 Å². The topological polar surface area (TPSA) is 17.1 Å². The van der Waals surface area contributed by atoms with Gasteiger partial charge >= 0.3 is 0 Å². The zero-order chi connectivity index (χ0) is 9.42. The number of carbonyl (C=O) groups is 1. The summed E-state index contributed by atoms with van der Waals surface area (Å²) in [5, 5.41) is 0.704. The Bertz CT molecular complexity index is 437. The van der Waals surface area contributed by atoms with Crippen LogP contribution in [0.3, 0.4) is 0 Å². The van der Waals surface area contributed by atoms with Crippen LogP contribution in [0.1, 0.15) is 9.67 Å². The average Bonchev–Trinajstić information content (AvgIpc) is 2.56. The maximum Gasteiger partial charge on any atom is 0.160 e. The summed E-state index contributed by atoms with van der Waals surface area (Å²) in [6.45, 7) is 0. The largest absolute Gasteiger partial charge is 0.297 e. The van der Waals surface area contributed by atoms with Crippen LogP contribution in [-0.2, 0) is 0 Å². The molecule has 66 valence electrons. The summed E-state index contributed by atoms with van der Waals surface area (Å²) in [6, 6.07) is 4.59. The van der Waals surface area contributed by atoms with Crippen LogP contribution >= 0.6 is 24.0 Å². The molecule has 0 unspecified atom stereocenters. The van der Waals surface area contributed by atoms with Crippen LogP contribution < -0.4 is 0 Å². The van der Waals surface area contributed by atoms with Crippen LogP contribution in [0.15, 0.2) is 23.1 Å². The van der Waals surface area contributed by atoms with Gasteiger partial charge < -0.3 is 0 Å². The fourth-order valence-electron chi connectivity index (χ4n) is 1.15. The maximum absolute atomic E-state index is 13.2. The van der Waals surface area contributed by atoms with E-state index in [1.165, 1.54) is 6.07 Å². The Hall–Kier alpha value is -0.870. The van der Waals surface area contributed by atoms with Crippen molar-refractivity contribution in [3.8, 4) is 0 Å². The molecule has 0 aliphatic carbocycles. The van der Waals surface area contributed by atoms with Crippen LogP contribution in [0.25, 0.3) is 10.1 Å². The van der Waals surface area contributed by atoms with Crippen molar-refractivity contribution in [3.05, 3.63) is 28.9 Å². The van der Waals surface area contributed by atoms with Crippen LogP contribution in [0.5, 0.6) is 0 Å². The SMILES string of the molecule is O=Cc1cc2c(S)ccc(F)c2s1. The van der Waals surface area contributed by atoms with Gasteiger partial charge in [0.15, 0.2) is 6.29 Å². The monoisotopic (exact) mass is 212 g/mol. The van der Waals surface area contributed by atoms with Crippen LogP contribution in [0.2, 0.25) is 0 Å². The fourth-order valence-corrected chi connectivity index (χ4v) is 2.38. The number of halogens is 1. The molecule has 4 heteroatoms. The zero-order valence-electron chi connectivity index (χ0n) is 6.45. The number of fused-ring (bicyclic) bond motifs is 1. The molecule has 2 rings (SSSR count). The number of benzene rings is 1. The molecule has 0 N–H and O–H groups in total. The molecule has 0 spiro atoms. The second-order valence-electron chi connectivity index (χ2n) is 2.58. The third-order valence-electron chi connectivity index (χ3n) is 1.75. The molecule has 0 bridgehead atoms. The van der Waals surface area contributed by atoms with Gasteiger partial charge in [0, 0.05) is 10.3 Å². The normalized spacial score (nSPS) is 10.6. The van der Waals surface area contributed by atoms with Gasteiger partial charge in [-0.05, 0) is 18.2 Å². The van der Waals surface area contributed by atoms with Crippen LogP contribution in [0, 0.1) is 5.82 Å². The molecule has 2 aromatic rings. The first-order valence-corrected chi connectivity index (χ1v) is 4.85. The summed E-state index contributed by atoms with van der Waals surface area (Å²) in [4.78, 5) is 11.7. The van der Waals surface area contributed by atoms with E-state index in [9.17, 15) is 9.18 Å². The lowest BCUT2D eigenvalue weighted by Crippen LogP contribution is -1.73. The van der Waals surface area contributed by atoms with Gasteiger partial charge in [-0.15, -0.1) is 24.0 Å². The Morgan fingerprint density at radius 1 is 1.46 bits per heavy atom. The van der Waals surface area contributed by atoms with Crippen molar-refractivity contribution in [2.45, 2.75) is 4.90 Å². The maximum atomic E-state index is 13.2. The molecule has 1 nitrogen and oxygen atoms in total. The number of aldehydes is 1. The number of thiophene rings is 1. The van der Waals surface area contributed by atoms with Crippen molar-refractivity contribution in [3.63, 3.8) is 0 Å². The van der Waals surface area contributed by atoms with E-state index in [1.54, 1.807) is 12.1 Å². The second kappa shape index (κ2) is 3.12. The quantitative estimate of drug-likeness (QED) is 0.567. The number of carbonyl (C=O) groups excluding carboxylic acids is 1. The fraction of sp³-hybridized carbons (Fsp3) is 0. The highest BCUT2D eigenvalue weighted by molar-refractivity contribution is 7.80. The molecule has 0 radical (unpaired) electrons. The van der Waals surface area contributed by atoms with Gasteiger partial charge in [0.05, 0.1) is 9.58 Å². The summed E-state index contributed by atoms with van der Waals surface area (Å²) >= 11 is 5.32. The highest BCUT2D eigenvalue weighted by Crippen LogP contribution is 2.31. The Morgan fingerprint density at radius 3 is 2.85 bits per heavy atom. The van der Waals surface area contributed by atoms with E-state index >= 15 is 0 Å². The van der Waals surface area contributed by atoms with Gasteiger partial charge in [-0.3, -0.25) is 4.79 Å². The molecule has 0 saturated carbocycles. The minimum atomic E-state index is -0.300. The second-order valence-corrected chi connectivity index (χ2v) is 4.14. The van der Waals surface area contributed by atoms with Gasteiger partial charge in [0.2, 0.25) is 0 Å². The number of rotatable bonds is 1. The molecule has 1 aromatic heterocycles. The Balaban J connectivity index is 2.87. The molecule has 13 heavy (non-hydrogen) atoms. The highest BCUT2D eigenvalue weighted by Gasteiger charge is 2.07. The van der Waals surface area contributed by atoms with Crippen molar-refractivity contribution >= 4 is 40.3 Å². The molecule has 1 heterocycles. The molecule has 0 fully saturated rings. The molecule has 0 amide bonds. The Morgan fingerprint density at radius 2 is 2.23 bits per heavy atom. The average molecular weight is 212 g/mol. The van der Waals surface area contributed by atoms with Crippen molar-refractivity contribution in [1.82, 2.24) is 0 Å². The predicted octanol–water partition coefficient (Wildman–Crippen LogP) is 3.14. The highest BCUT2D eigenvalue weighted by atomic mass is 32.1. The summed E-state index contributed by atoms with van der Waals surface area (Å²) < 4.78 is 13.7. The molecule has 0 aliphatic rings. The van der Waals surface area contributed by atoms with Crippen molar-refractivity contribution in [1.29, 1.82) is 0 Å². The molecule has 1 aromatic carbocycles. The van der Waals surface area contributed by atoms with Gasteiger partial charge in [0.25, 0.3) is 0 Å². The summed E-state index contributed by atoms with van der Waals surface area (Å²) in [5.74, 6) is -0.300. The molecule has 0 saturated heterocycles. The van der Waals surface area contributed by atoms with Gasteiger partial charge in [-0.25, -0.2) is 4.39 Å². The van der Waals surface area contributed by atoms with E-state index in [-0.39, 0.29) is 5.82 Å². The predicted molar refractivity (Wildman–Crippen MR) is 54.4 cm³/mol. The molecule has 0 atom stereocenters. The third-order valence-corrected chi connectivity index (χ3v) is 3.21. The summed E-state index contributed by atoms with van der Waals surface area (Å²) in [7, 11) is 0. The van der Waals surface area contributed by atoms with E-state index < -0.39 is 0 Å². The summed E-state index contributed by atoms with van der Waals surface area (Å²) in [5.41, 5.74) is 0. The number of hydrogen-bond acceptors (Lipinski definition) is 3. The zero-order valence-corrected chi connectivity index (χ0v) is 8.16. The summed E-state index contributed by atoms with van der Waals surface area (Å²) in [6.07, 6.45) is 0.720. The first-order valence-electron chi connectivity index (χ1n) is 3.58. The standard InChI is InChI=1S/C9H5FOS2/c10-7-1-2-8(12)6-3-5(4-11)13-9(6)7/h1-4,12H. The molecular formula is C9H5FOS2. The minimum Gasteiger partial charge on any atom is -0.297 e. The smallest absolute Gasteiger partial charge is 0.160 e. The van der Waals surface area contributed by atoms with E-state index in [2.05, 4.69) is 12.6 Å². The van der Waals surface area contributed by atoms with Crippen LogP contribution in [0.4, 0.5) is 4.39 Å². The molecular weight excluding hydrogens is 207 g/mol. The van der Waals surface area contributed by atoms with E-state index in [1.807, 2.05) is 0 Å². The molecule has 0 aliphatic heterocycles.